The number of nitrogens with zero attached hydrogens (tertiary/aromatic N) is 2. The van der Waals surface area contributed by atoms with Crippen molar-refractivity contribution in [1.82, 2.24) is 9.13 Å². The zero-order chi connectivity index (χ0) is 39.8. The van der Waals surface area contributed by atoms with Crippen LogP contribution in [0.25, 0.3) is 100 Å². The molecule has 0 N–H and O–H groups in total. The summed E-state index contributed by atoms with van der Waals surface area (Å²) in [5.41, 5.74) is 18.8. The second-order valence-electron chi connectivity index (χ2n) is 15.3. The van der Waals surface area contributed by atoms with Gasteiger partial charge >= 0.3 is 0 Å². The van der Waals surface area contributed by atoms with Crippen LogP contribution in [0, 0.1) is 0 Å². The highest BCUT2D eigenvalue weighted by molar-refractivity contribution is 6.16. The highest BCUT2D eigenvalue weighted by atomic mass is 15.0. The van der Waals surface area contributed by atoms with Gasteiger partial charge in [0.05, 0.1) is 22.4 Å². The smallest absolute Gasteiger partial charge is 0.0620 e. The molecular weight excluding hydrogens is 725 g/mol. The number of fused-ring (bicyclic) bond motifs is 2. The molecular formula is C58H40N2. The molecule has 2 aromatic heterocycles. The van der Waals surface area contributed by atoms with Gasteiger partial charge in [0.25, 0.3) is 0 Å². The first-order valence-electron chi connectivity index (χ1n) is 20.6. The predicted octanol–water partition coefficient (Wildman–Crippen LogP) is 15.6. The van der Waals surface area contributed by atoms with E-state index in [2.05, 4.69) is 252 Å². The maximum absolute atomic E-state index is 2.48. The summed E-state index contributed by atoms with van der Waals surface area (Å²) in [6, 6.07) is 87.9. The lowest BCUT2D eigenvalue weighted by molar-refractivity contribution is 1.13. The Hall–Kier alpha value is -7.94. The highest BCUT2D eigenvalue weighted by Gasteiger charge is 2.29. The highest BCUT2D eigenvalue weighted by Crippen LogP contribution is 2.51. The van der Waals surface area contributed by atoms with Crippen LogP contribution < -0.4 is 0 Å². The second-order valence-corrected chi connectivity index (χ2v) is 15.3. The molecule has 0 radical (unpaired) electrons. The van der Waals surface area contributed by atoms with Gasteiger partial charge in [0.1, 0.15) is 0 Å². The van der Waals surface area contributed by atoms with Crippen LogP contribution in [0.15, 0.2) is 243 Å². The Balaban J connectivity index is 1.23. The van der Waals surface area contributed by atoms with Crippen LogP contribution in [0.1, 0.15) is 0 Å². The molecule has 2 heteroatoms. The van der Waals surface area contributed by atoms with Gasteiger partial charge in [-0.3, -0.25) is 0 Å². The summed E-state index contributed by atoms with van der Waals surface area (Å²) in [4.78, 5) is 0. The Morgan fingerprint density at radius 1 is 0.200 bits per heavy atom. The van der Waals surface area contributed by atoms with Gasteiger partial charge in [-0.25, -0.2) is 0 Å². The molecule has 9 aromatic carbocycles. The van der Waals surface area contributed by atoms with Gasteiger partial charge in [-0.2, -0.15) is 0 Å². The molecule has 0 spiro atoms. The van der Waals surface area contributed by atoms with E-state index in [1.165, 1.54) is 55.3 Å². The molecule has 0 saturated heterocycles. The fourth-order valence-electron chi connectivity index (χ4n) is 8.98. The van der Waals surface area contributed by atoms with Crippen LogP contribution in [-0.2, 0) is 0 Å². The van der Waals surface area contributed by atoms with Crippen LogP contribution in [0.3, 0.4) is 0 Å². The molecule has 0 aliphatic rings. The van der Waals surface area contributed by atoms with Crippen LogP contribution in [0.2, 0.25) is 0 Å². The first-order chi connectivity index (χ1) is 29.8. The molecule has 11 rings (SSSR count). The van der Waals surface area contributed by atoms with Gasteiger partial charge in [-0.1, -0.05) is 206 Å². The fourth-order valence-corrected chi connectivity index (χ4v) is 8.98. The molecule has 0 atom stereocenters. The normalized spacial score (nSPS) is 11.3. The van der Waals surface area contributed by atoms with Crippen molar-refractivity contribution in [2.24, 2.45) is 0 Å². The van der Waals surface area contributed by atoms with Crippen molar-refractivity contribution in [2.75, 3.05) is 0 Å². The first-order valence-corrected chi connectivity index (χ1v) is 20.6. The number of rotatable bonds is 8. The summed E-state index contributed by atoms with van der Waals surface area (Å²) in [7, 11) is 0. The van der Waals surface area contributed by atoms with Gasteiger partial charge < -0.3 is 9.13 Å². The average molecular weight is 765 g/mol. The Kier molecular flexibility index (Phi) is 8.87. The van der Waals surface area contributed by atoms with Crippen LogP contribution in [0.4, 0.5) is 0 Å². The third kappa shape index (κ3) is 6.14. The number of hydrogen-bond donors (Lipinski definition) is 0. The maximum atomic E-state index is 2.48. The van der Waals surface area contributed by atoms with Crippen molar-refractivity contribution in [3.05, 3.63) is 243 Å². The van der Waals surface area contributed by atoms with Crippen molar-refractivity contribution in [2.45, 2.75) is 0 Å². The van der Waals surface area contributed by atoms with Crippen molar-refractivity contribution in [3.63, 3.8) is 0 Å². The molecule has 2 nitrogen and oxygen atoms in total. The van der Waals surface area contributed by atoms with E-state index in [9.17, 15) is 0 Å². The van der Waals surface area contributed by atoms with Gasteiger partial charge in [0.2, 0.25) is 0 Å². The van der Waals surface area contributed by atoms with Gasteiger partial charge in [-0.05, 0) is 80.9 Å². The van der Waals surface area contributed by atoms with E-state index in [0.29, 0.717) is 0 Å². The van der Waals surface area contributed by atoms with Crippen molar-refractivity contribution >= 4 is 21.8 Å². The van der Waals surface area contributed by atoms with Gasteiger partial charge in [0.15, 0.2) is 0 Å². The van der Waals surface area contributed by atoms with E-state index in [0.717, 1.165) is 44.9 Å². The SMILES string of the molecule is c1ccc(-c2ccc(-c3c(-c4c(-c5ccc(-c6ccccc6)cc5)n(-c5ccc(-c6ccccc6)cc5)c5ccccc45)c4ccccc4n3-c3ccccc3)cc2)cc1. The Morgan fingerprint density at radius 2 is 0.467 bits per heavy atom. The van der Waals surface area contributed by atoms with Crippen molar-refractivity contribution < 1.29 is 0 Å². The fraction of sp³-hybridized carbons (Fsp3) is 0. The summed E-state index contributed by atoms with van der Waals surface area (Å²) in [6.07, 6.45) is 0. The average Bonchev–Trinajstić information content (AvgIpc) is 3.86. The molecule has 0 fully saturated rings. The molecule has 0 saturated carbocycles. The Bertz CT molecular complexity index is 3230. The standard InChI is InChI=1S/C58H40N2/c1-5-17-41(18-6-1)44-29-33-47(34-30-44)57-55(51-25-13-15-27-53(51)59(57)49-23-11-4-12-24-49)56-52-26-14-16-28-54(52)60(50-39-37-46(38-40-50)43-21-9-3-10-22-43)58(56)48-35-31-45(32-36-48)42-19-7-2-8-20-42/h1-40H. The monoisotopic (exact) mass is 764 g/mol. The van der Waals surface area contributed by atoms with Crippen molar-refractivity contribution in [1.29, 1.82) is 0 Å². The topological polar surface area (TPSA) is 9.86 Å². The third-order valence-electron chi connectivity index (χ3n) is 11.8. The largest absolute Gasteiger partial charge is 0.309 e. The summed E-state index contributed by atoms with van der Waals surface area (Å²) >= 11 is 0. The van der Waals surface area contributed by atoms with Crippen LogP contribution >= 0.6 is 0 Å². The summed E-state index contributed by atoms with van der Waals surface area (Å²) < 4.78 is 4.94. The van der Waals surface area contributed by atoms with Crippen molar-refractivity contribution in [3.8, 4) is 78.4 Å². The van der Waals surface area contributed by atoms with Gasteiger partial charge in [-0.15, -0.1) is 0 Å². The van der Waals surface area contributed by atoms with Crippen LogP contribution in [0.5, 0.6) is 0 Å². The van der Waals surface area contributed by atoms with E-state index >= 15 is 0 Å². The molecule has 0 aliphatic heterocycles. The predicted molar refractivity (Wildman–Crippen MR) is 253 cm³/mol. The molecule has 11 aromatic rings. The maximum Gasteiger partial charge on any atom is 0.0620 e. The van der Waals surface area contributed by atoms with E-state index in [-0.39, 0.29) is 0 Å². The summed E-state index contributed by atoms with van der Waals surface area (Å²) in [5.74, 6) is 0. The lowest BCUT2D eigenvalue weighted by Crippen LogP contribution is -1.99. The molecule has 2 heterocycles. The van der Waals surface area contributed by atoms with Gasteiger partial charge in [0, 0.05) is 33.3 Å². The minimum Gasteiger partial charge on any atom is -0.309 e. The first kappa shape index (κ1) is 35.2. The Labute approximate surface area is 350 Å². The van der Waals surface area contributed by atoms with E-state index < -0.39 is 0 Å². The zero-order valence-electron chi connectivity index (χ0n) is 33.0. The number of hydrogen-bond acceptors (Lipinski definition) is 0. The number of aromatic nitrogens is 2. The third-order valence-corrected chi connectivity index (χ3v) is 11.8. The number of benzene rings is 9. The summed E-state index contributed by atoms with van der Waals surface area (Å²) in [6.45, 7) is 0. The van der Waals surface area contributed by atoms with E-state index in [4.69, 9.17) is 0 Å². The lowest BCUT2D eigenvalue weighted by Gasteiger charge is -2.17. The lowest BCUT2D eigenvalue weighted by atomic mass is 9.92. The molecule has 0 aliphatic carbocycles. The Morgan fingerprint density at radius 3 is 0.850 bits per heavy atom. The molecule has 0 amide bonds. The van der Waals surface area contributed by atoms with E-state index in [1.54, 1.807) is 0 Å². The minimum absolute atomic E-state index is 1.11. The molecule has 0 unspecified atom stereocenters. The zero-order valence-corrected chi connectivity index (χ0v) is 33.0. The summed E-state index contributed by atoms with van der Waals surface area (Å²) in [5, 5.41) is 2.40. The quantitative estimate of drug-likeness (QED) is 0.146. The molecule has 282 valence electrons. The second kappa shape index (κ2) is 15.1. The molecule has 60 heavy (non-hydrogen) atoms. The van der Waals surface area contributed by atoms with Crippen LogP contribution in [-0.4, -0.2) is 9.13 Å². The molecule has 0 bridgehead atoms. The number of para-hydroxylation sites is 3. The van der Waals surface area contributed by atoms with E-state index in [1.807, 2.05) is 0 Å². The minimum atomic E-state index is 1.11.